The van der Waals surface area contributed by atoms with Crippen LogP contribution in [0.25, 0.3) is 6.08 Å². The van der Waals surface area contributed by atoms with Gasteiger partial charge in [-0.15, -0.1) is 0 Å². The standard InChI is InChI=1S/C22H23NO7/c1-3-29-22(27)14-23(17-7-5-4-6-8-17)20(25)15-30-21(26)12-10-16-9-11-18(24)19(13-16)28-2/h4-13,24H,3,14-15H2,1-2H3/b12-10+. The van der Waals surface area contributed by atoms with Crippen molar-refractivity contribution in [2.75, 3.05) is 31.8 Å². The Kier molecular flexibility index (Phi) is 8.43. The minimum absolute atomic E-state index is 0.0228. The van der Waals surface area contributed by atoms with Crippen molar-refractivity contribution in [3.05, 3.63) is 60.2 Å². The van der Waals surface area contributed by atoms with Gasteiger partial charge in [-0.05, 0) is 42.8 Å². The highest BCUT2D eigenvalue weighted by atomic mass is 16.5. The highest BCUT2D eigenvalue weighted by molar-refractivity contribution is 5.99. The molecule has 2 rings (SSSR count). The zero-order valence-corrected chi connectivity index (χ0v) is 16.7. The monoisotopic (exact) mass is 413 g/mol. The molecule has 0 aliphatic heterocycles. The summed E-state index contributed by atoms with van der Waals surface area (Å²) in [6.07, 6.45) is 2.61. The summed E-state index contributed by atoms with van der Waals surface area (Å²) in [6.45, 7) is 1.02. The van der Waals surface area contributed by atoms with Crippen LogP contribution in [0.5, 0.6) is 11.5 Å². The highest BCUT2D eigenvalue weighted by Crippen LogP contribution is 2.26. The Bertz CT molecular complexity index is 909. The summed E-state index contributed by atoms with van der Waals surface area (Å²) >= 11 is 0. The van der Waals surface area contributed by atoms with Crippen LogP contribution in [0.4, 0.5) is 5.69 Å². The van der Waals surface area contributed by atoms with Crippen LogP contribution < -0.4 is 9.64 Å². The maximum absolute atomic E-state index is 12.6. The number of hydrogen-bond acceptors (Lipinski definition) is 7. The zero-order valence-electron chi connectivity index (χ0n) is 16.7. The topological polar surface area (TPSA) is 102 Å². The van der Waals surface area contributed by atoms with Crippen molar-refractivity contribution in [3.8, 4) is 11.5 Å². The van der Waals surface area contributed by atoms with E-state index in [0.717, 1.165) is 6.08 Å². The molecule has 1 amide bonds. The summed E-state index contributed by atoms with van der Waals surface area (Å²) in [7, 11) is 1.41. The summed E-state index contributed by atoms with van der Waals surface area (Å²) in [5.41, 5.74) is 1.08. The van der Waals surface area contributed by atoms with Crippen LogP contribution in [0.3, 0.4) is 0 Å². The van der Waals surface area contributed by atoms with Crippen LogP contribution in [0.2, 0.25) is 0 Å². The number of ether oxygens (including phenoxy) is 3. The number of nitrogens with zero attached hydrogens (tertiary/aromatic N) is 1. The Morgan fingerprint density at radius 3 is 2.47 bits per heavy atom. The van der Waals surface area contributed by atoms with E-state index in [0.29, 0.717) is 11.3 Å². The average molecular weight is 413 g/mol. The van der Waals surface area contributed by atoms with Crippen LogP contribution >= 0.6 is 0 Å². The van der Waals surface area contributed by atoms with E-state index in [2.05, 4.69) is 0 Å². The Balaban J connectivity index is 2.00. The molecule has 2 aromatic carbocycles. The first kappa shape index (κ1) is 22.5. The third kappa shape index (κ3) is 6.66. The number of carbonyl (C=O) groups is 3. The van der Waals surface area contributed by atoms with Crippen LogP contribution in [-0.2, 0) is 23.9 Å². The zero-order chi connectivity index (χ0) is 21.9. The molecule has 0 saturated heterocycles. The van der Waals surface area contributed by atoms with Gasteiger partial charge in [0.25, 0.3) is 5.91 Å². The maximum Gasteiger partial charge on any atom is 0.331 e. The van der Waals surface area contributed by atoms with Crippen LogP contribution in [-0.4, -0.2) is 49.8 Å². The molecule has 0 atom stereocenters. The third-order valence-electron chi connectivity index (χ3n) is 3.92. The molecule has 0 spiro atoms. The first-order chi connectivity index (χ1) is 14.4. The summed E-state index contributed by atoms with van der Waals surface area (Å²) < 4.78 is 14.9. The average Bonchev–Trinajstić information content (AvgIpc) is 2.76. The second kappa shape index (κ2) is 11.3. The van der Waals surface area contributed by atoms with Crippen molar-refractivity contribution in [1.82, 2.24) is 0 Å². The Hall–Kier alpha value is -3.81. The number of esters is 2. The van der Waals surface area contributed by atoms with Gasteiger partial charge < -0.3 is 19.3 Å². The van der Waals surface area contributed by atoms with Crippen molar-refractivity contribution in [1.29, 1.82) is 0 Å². The molecule has 30 heavy (non-hydrogen) atoms. The van der Waals surface area contributed by atoms with Gasteiger partial charge in [-0.1, -0.05) is 24.3 Å². The fraction of sp³-hybridized carbons (Fsp3) is 0.227. The van der Waals surface area contributed by atoms with Crippen molar-refractivity contribution in [2.45, 2.75) is 6.92 Å². The molecule has 0 unspecified atom stereocenters. The van der Waals surface area contributed by atoms with E-state index in [1.807, 2.05) is 0 Å². The van der Waals surface area contributed by atoms with E-state index >= 15 is 0 Å². The number of anilines is 1. The molecule has 0 radical (unpaired) electrons. The summed E-state index contributed by atoms with van der Waals surface area (Å²) in [4.78, 5) is 37.6. The number of phenols is 1. The number of amides is 1. The molecule has 0 bridgehead atoms. The van der Waals surface area contributed by atoms with E-state index in [1.165, 1.54) is 24.2 Å². The lowest BCUT2D eigenvalue weighted by Crippen LogP contribution is -2.39. The molecule has 0 aliphatic carbocycles. The van der Waals surface area contributed by atoms with Gasteiger partial charge >= 0.3 is 11.9 Å². The molecular weight excluding hydrogens is 390 g/mol. The summed E-state index contributed by atoms with van der Waals surface area (Å²) in [6, 6.07) is 13.1. The second-order valence-corrected chi connectivity index (χ2v) is 5.99. The Morgan fingerprint density at radius 1 is 1.07 bits per heavy atom. The Labute approximate surface area is 174 Å². The van der Waals surface area contributed by atoms with Gasteiger partial charge in [0.2, 0.25) is 0 Å². The number of aromatic hydroxyl groups is 1. The predicted octanol–water partition coefficient (Wildman–Crippen LogP) is 2.55. The minimum atomic E-state index is -0.737. The van der Waals surface area contributed by atoms with E-state index in [-0.39, 0.29) is 24.7 Å². The van der Waals surface area contributed by atoms with E-state index in [9.17, 15) is 19.5 Å². The van der Waals surface area contributed by atoms with Crippen molar-refractivity contribution in [2.24, 2.45) is 0 Å². The van der Waals surface area contributed by atoms with Gasteiger partial charge in [0.1, 0.15) is 6.54 Å². The van der Waals surface area contributed by atoms with Crippen LogP contribution in [0, 0.1) is 0 Å². The van der Waals surface area contributed by atoms with Gasteiger partial charge in [0, 0.05) is 11.8 Å². The number of hydrogen-bond donors (Lipinski definition) is 1. The quantitative estimate of drug-likeness (QED) is 0.498. The van der Waals surface area contributed by atoms with Crippen LogP contribution in [0.1, 0.15) is 12.5 Å². The van der Waals surface area contributed by atoms with E-state index in [4.69, 9.17) is 14.2 Å². The van der Waals surface area contributed by atoms with E-state index < -0.39 is 24.5 Å². The molecule has 2 aromatic rings. The van der Waals surface area contributed by atoms with Crippen molar-refractivity contribution < 1.29 is 33.7 Å². The number of rotatable bonds is 9. The molecule has 0 saturated carbocycles. The number of phenolic OH excluding ortho intramolecular Hbond substituents is 1. The SMILES string of the molecule is CCOC(=O)CN(C(=O)COC(=O)/C=C/c1ccc(O)c(OC)c1)c1ccccc1. The smallest absolute Gasteiger partial charge is 0.331 e. The molecule has 158 valence electrons. The molecule has 1 N–H and O–H groups in total. The first-order valence-corrected chi connectivity index (χ1v) is 9.17. The lowest BCUT2D eigenvalue weighted by Gasteiger charge is -2.21. The van der Waals surface area contributed by atoms with Gasteiger partial charge in [0.15, 0.2) is 18.1 Å². The van der Waals surface area contributed by atoms with Gasteiger partial charge in [-0.2, -0.15) is 0 Å². The van der Waals surface area contributed by atoms with Gasteiger partial charge in [0.05, 0.1) is 13.7 Å². The number of para-hydroxylation sites is 1. The lowest BCUT2D eigenvalue weighted by molar-refractivity contribution is -0.144. The van der Waals surface area contributed by atoms with E-state index in [1.54, 1.807) is 49.4 Å². The fourth-order valence-corrected chi connectivity index (χ4v) is 2.49. The molecular formula is C22H23NO7. The van der Waals surface area contributed by atoms with Crippen molar-refractivity contribution in [3.63, 3.8) is 0 Å². The third-order valence-corrected chi connectivity index (χ3v) is 3.92. The first-order valence-electron chi connectivity index (χ1n) is 9.17. The minimum Gasteiger partial charge on any atom is -0.504 e. The summed E-state index contributed by atoms with van der Waals surface area (Å²) in [5, 5.41) is 9.58. The fourth-order valence-electron chi connectivity index (χ4n) is 2.49. The predicted molar refractivity (Wildman–Crippen MR) is 110 cm³/mol. The van der Waals surface area contributed by atoms with Crippen LogP contribution in [0.15, 0.2) is 54.6 Å². The molecule has 0 heterocycles. The Morgan fingerprint density at radius 2 is 1.80 bits per heavy atom. The molecule has 8 heteroatoms. The highest BCUT2D eigenvalue weighted by Gasteiger charge is 2.20. The number of carbonyl (C=O) groups excluding carboxylic acids is 3. The maximum atomic E-state index is 12.6. The summed E-state index contributed by atoms with van der Waals surface area (Å²) in [5.74, 6) is -1.63. The lowest BCUT2D eigenvalue weighted by atomic mass is 10.2. The number of methoxy groups -OCH3 is 1. The molecule has 0 aromatic heterocycles. The van der Waals surface area contributed by atoms with Gasteiger partial charge in [-0.25, -0.2) is 4.79 Å². The number of benzene rings is 2. The largest absolute Gasteiger partial charge is 0.504 e. The molecule has 8 nitrogen and oxygen atoms in total. The van der Waals surface area contributed by atoms with Crippen molar-refractivity contribution >= 4 is 29.6 Å². The molecule has 0 aliphatic rings. The molecule has 0 fully saturated rings. The van der Waals surface area contributed by atoms with Gasteiger partial charge in [-0.3, -0.25) is 14.5 Å². The second-order valence-electron chi connectivity index (χ2n) is 5.99. The normalized spacial score (nSPS) is 10.5.